The molecule has 1 saturated carbocycles. The van der Waals surface area contributed by atoms with Crippen molar-refractivity contribution in [2.75, 3.05) is 0 Å². The molecule has 0 radical (unpaired) electrons. The summed E-state index contributed by atoms with van der Waals surface area (Å²) in [5, 5.41) is 0.682. The lowest BCUT2D eigenvalue weighted by atomic mass is 9.71. The van der Waals surface area contributed by atoms with Gasteiger partial charge in [0.25, 0.3) is 0 Å². The second-order valence-electron chi connectivity index (χ2n) is 8.01. The Kier molecular flexibility index (Phi) is 5.37. The van der Waals surface area contributed by atoms with E-state index in [1.54, 1.807) is 19.9 Å². The van der Waals surface area contributed by atoms with Gasteiger partial charge in [-0.2, -0.15) is 13.2 Å². The minimum absolute atomic E-state index is 0.00300. The van der Waals surface area contributed by atoms with Crippen molar-refractivity contribution < 1.29 is 27.7 Å². The van der Waals surface area contributed by atoms with Crippen molar-refractivity contribution in [1.82, 2.24) is 4.98 Å². The highest BCUT2D eigenvalue weighted by Gasteiger charge is 2.48. The van der Waals surface area contributed by atoms with Crippen LogP contribution in [0, 0.1) is 11.8 Å². The van der Waals surface area contributed by atoms with Crippen LogP contribution >= 0.6 is 23.2 Å². The molecule has 2 fully saturated rings. The van der Waals surface area contributed by atoms with Gasteiger partial charge in [0.15, 0.2) is 0 Å². The lowest BCUT2D eigenvalue weighted by Crippen LogP contribution is -2.51. The molecule has 4 unspecified atom stereocenters. The van der Waals surface area contributed by atoms with E-state index < -0.39 is 17.5 Å². The molecule has 1 aliphatic carbocycles. The maximum absolute atomic E-state index is 13.4. The van der Waals surface area contributed by atoms with Crippen molar-refractivity contribution in [3.8, 4) is 0 Å². The first-order chi connectivity index (χ1) is 14.0. The predicted molar refractivity (Wildman–Crippen MR) is 107 cm³/mol. The first-order valence-corrected chi connectivity index (χ1v) is 10.2. The maximum Gasteiger partial charge on any atom is 0.433 e. The second-order valence-corrected chi connectivity index (χ2v) is 8.85. The molecule has 2 aliphatic rings. The highest BCUT2D eigenvalue weighted by molar-refractivity contribution is 6.38. The Hall–Kier alpha value is -1.67. The third-order valence-electron chi connectivity index (χ3n) is 5.94. The molecule has 2 heterocycles. The average molecular weight is 460 g/mol. The molecular formula is C21H18Cl2F3NO3. The van der Waals surface area contributed by atoms with Crippen molar-refractivity contribution in [1.29, 1.82) is 0 Å². The summed E-state index contributed by atoms with van der Waals surface area (Å²) in [4.78, 5) is 27.0. The third kappa shape index (κ3) is 3.84. The number of ketones is 1. The molecule has 160 valence electrons. The molecule has 4 rings (SSSR count). The Labute approximate surface area is 180 Å². The number of rotatable bonds is 2. The van der Waals surface area contributed by atoms with Gasteiger partial charge in [0.1, 0.15) is 23.2 Å². The summed E-state index contributed by atoms with van der Waals surface area (Å²) in [5.41, 5.74) is -1.79. The molecule has 0 spiro atoms. The minimum Gasteiger partial charge on any atom is -0.299 e. The van der Waals surface area contributed by atoms with Gasteiger partial charge in [-0.1, -0.05) is 36.2 Å². The summed E-state index contributed by atoms with van der Waals surface area (Å²) in [7, 11) is 0. The number of alkyl halides is 3. The van der Waals surface area contributed by atoms with Crippen molar-refractivity contribution in [3.63, 3.8) is 0 Å². The van der Waals surface area contributed by atoms with Crippen LogP contribution in [0.25, 0.3) is 17.0 Å². The maximum atomic E-state index is 13.4. The number of hydrogen-bond acceptors (Lipinski definition) is 4. The molecule has 9 heteroatoms. The van der Waals surface area contributed by atoms with Crippen molar-refractivity contribution >= 4 is 46.0 Å². The zero-order valence-corrected chi connectivity index (χ0v) is 17.6. The van der Waals surface area contributed by atoms with Crippen LogP contribution in [0.15, 0.2) is 24.3 Å². The summed E-state index contributed by atoms with van der Waals surface area (Å²) >= 11 is 12.2. The Bertz CT molecular complexity index is 1060. The number of fused-ring (bicyclic) bond motifs is 3. The normalized spacial score (nSPS) is 29.7. The average Bonchev–Trinajstić information content (AvgIpc) is 2.66. The zero-order chi connectivity index (χ0) is 21.8. The number of carbonyl (C=O) groups is 1. The number of Topliss-reactive ketones (excluding diaryl/α,β-unsaturated/α-hetero) is 1. The van der Waals surface area contributed by atoms with Gasteiger partial charge in [-0.25, -0.2) is 14.8 Å². The van der Waals surface area contributed by atoms with Crippen LogP contribution < -0.4 is 0 Å². The Morgan fingerprint density at radius 3 is 2.70 bits per heavy atom. The van der Waals surface area contributed by atoms with E-state index in [0.717, 1.165) is 6.07 Å². The fraction of sp³-hybridized carbons (Fsp3) is 0.429. The molecule has 30 heavy (non-hydrogen) atoms. The molecule has 1 aromatic carbocycles. The topological polar surface area (TPSA) is 48.4 Å². The fourth-order valence-electron chi connectivity index (χ4n) is 3.98. The van der Waals surface area contributed by atoms with E-state index >= 15 is 0 Å². The third-order valence-corrected chi connectivity index (χ3v) is 6.45. The first kappa shape index (κ1) is 21.6. The number of nitrogens with zero attached hydrogens (tertiary/aromatic N) is 1. The van der Waals surface area contributed by atoms with Crippen molar-refractivity contribution in [2.24, 2.45) is 11.8 Å². The number of halogens is 5. The summed E-state index contributed by atoms with van der Waals surface area (Å²) in [6.07, 6.45) is -0.860. The van der Waals surface area contributed by atoms with Gasteiger partial charge >= 0.3 is 6.18 Å². The van der Waals surface area contributed by atoms with Crippen LogP contribution in [-0.4, -0.2) is 22.5 Å². The SMILES string of the molecule is CC1C(=O)CC2CC1OOC2(C)C=Cc1cc(C(F)(F)F)nc2c(Cl)cc(Cl)cc12. The highest BCUT2D eigenvalue weighted by atomic mass is 35.5. The van der Waals surface area contributed by atoms with E-state index in [2.05, 4.69) is 4.98 Å². The van der Waals surface area contributed by atoms with Gasteiger partial charge < -0.3 is 0 Å². The van der Waals surface area contributed by atoms with E-state index in [9.17, 15) is 18.0 Å². The number of hydrogen-bond donors (Lipinski definition) is 0. The van der Waals surface area contributed by atoms with Gasteiger partial charge in [0, 0.05) is 28.7 Å². The molecule has 4 nitrogen and oxygen atoms in total. The smallest absolute Gasteiger partial charge is 0.299 e. The standard InChI is InChI=1S/C21H18Cl2F3NO3/c1-10-16(28)6-12-7-17(10)29-30-20(12,2)4-3-11-5-18(21(24,25)26)27-19-14(11)8-13(22)9-15(19)23/h3-5,8-10,12,17H,6-7H2,1-2H3. The molecule has 1 aromatic heterocycles. The molecule has 1 aliphatic heterocycles. The van der Waals surface area contributed by atoms with Crippen LogP contribution in [0.3, 0.4) is 0 Å². The summed E-state index contributed by atoms with van der Waals surface area (Å²) in [5.74, 6) is -0.289. The predicted octanol–water partition coefficient (Wildman–Crippen LogP) is 6.28. The first-order valence-electron chi connectivity index (χ1n) is 9.41. The molecule has 4 atom stereocenters. The quantitative estimate of drug-likeness (QED) is 0.496. The Morgan fingerprint density at radius 2 is 2.00 bits per heavy atom. The van der Waals surface area contributed by atoms with Gasteiger partial charge in [-0.15, -0.1) is 0 Å². The largest absolute Gasteiger partial charge is 0.433 e. The van der Waals surface area contributed by atoms with Gasteiger partial charge in [0.05, 0.1) is 10.5 Å². The lowest BCUT2D eigenvalue weighted by molar-refractivity contribution is -0.415. The number of pyridine rings is 1. The van der Waals surface area contributed by atoms with Gasteiger partial charge in [-0.3, -0.25) is 4.79 Å². The fourth-order valence-corrected chi connectivity index (χ4v) is 4.51. The lowest BCUT2D eigenvalue weighted by Gasteiger charge is -2.45. The molecule has 2 bridgehead atoms. The zero-order valence-electron chi connectivity index (χ0n) is 16.1. The van der Waals surface area contributed by atoms with Gasteiger partial charge in [0.2, 0.25) is 0 Å². The summed E-state index contributed by atoms with van der Waals surface area (Å²) in [6, 6.07) is 3.80. The van der Waals surface area contributed by atoms with Crippen LogP contribution in [0.2, 0.25) is 10.0 Å². The number of benzene rings is 1. The second kappa shape index (κ2) is 7.48. The monoisotopic (exact) mass is 459 g/mol. The van der Waals surface area contributed by atoms with E-state index in [1.807, 2.05) is 0 Å². The summed E-state index contributed by atoms with van der Waals surface area (Å²) < 4.78 is 40.2. The molecule has 0 N–H and O–H groups in total. The van der Waals surface area contributed by atoms with Crippen LogP contribution in [0.1, 0.15) is 37.9 Å². The summed E-state index contributed by atoms with van der Waals surface area (Å²) in [6.45, 7) is 3.56. The van der Waals surface area contributed by atoms with Crippen LogP contribution in [0.4, 0.5) is 13.2 Å². The molecule has 0 amide bonds. The molecular weight excluding hydrogens is 442 g/mol. The van der Waals surface area contributed by atoms with E-state index in [1.165, 1.54) is 18.2 Å². The van der Waals surface area contributed by atoms with Crippen LogP contribution in [0.5, 0.6) is 0 Å². The van der Waals surface area contributed by atoms with E-state index in [0.29, 0.717) is 18.2 Å². The Balaban J connectivity index is 1.78. The Morgan fingerprint density at radius 1 is 1.27 bits per heavy atom. The number of carbonyl (C=O) groups excluding carboxylic acids is 1. The van der Waals surface area contributed by atoms with Crippen molar-refractivity contribution in [2.45, 2.75) is 44.6 Å². The van der Waals surface area contributed by atoms with Gasteiger partial charge in [-0.05, 0) is 43.2 Å². The van der Waals surface area contributed by atoms with E-state index in [-0.39, 0.29) is 44.8 Å². The minimum atomic E-state index is -4.65. The van der Waals surface area contributed by atoms with E-state index in [4.69, 9.17) is 33.0 Å². The van der Waals surface area contributed by atoms with Crippen LogP contribution in [-0.2, 0) is 20.7 Å². The highest BCUT2D eigenvalue weighted by Crippen LogP contribution is 2.43. The molecule has 2 aromatic rings. The molecule has 1 saturated heterocycles. The number of aromatic nitrogens is 1. The van der Waals surface area contributed by atoms with Crippen molar-refractivity contribution in [3.05, 3.63) is 45.6 Å².